The van der Waals surface area contributed by atoms with Crippen LogP contribution in [0.4, 0.5) is 11.5 Å². The number of aromatic amines is 1. The van der Waals surface area contributed by atoms with E-state index in [1.54, 1.807) is 24.4 Å². The number of carboxylic acid groups (broad SMARTS) is 1. The number of aliphatic hydroxyl groups excluding tert-OH is 1. The summed E-state index contributed by atoms with van der Waals surface area (Å²) in [6.07, 6.45) is 2.92. The second-order valence-corrected chi connectivity index (χ2v) is 12.3. The molecule has 3 aromatic heterocycles. The number of carbonyl (C=O) groups excluding carboxylic acids is 1. The van der Waals surface area contributed by atoms with Crippen molar-refractivity contribution in [2.45, 2.75) is 38.5 Å². The lowest BCUT2D eigenvalue weighted by molar-refractivity contribution is -0.136. The molecule has 0 radical (unpaired) electrons. The van der Waals surface area contributed by atoms with E-state index < -0.39 is 5.97 Å². The summed E-state index contributed by atoms with van der Waals surface area (Å²) in [6.45, 7) is 1.02. The highest BCUT2D eigenvalue weighted by Crippen LogP contribution is 2.41. The van der Waals surface area contributed by atoms with Crippen molar-refractivity contribution in [2.75, 3.05) is 25.0 Å². The SMILES string of the molecule is O=C(O)CNCc1nc2c(Nc3cccc(-c4cccc(-c5ccc(CNCC6CCC(=O)N6)c(=O)[nH]5)c4Cl)c3Cl)nccc2n1CCO. The number of hydrogen-bond donors (Lipinski definition) is 7. The lowest BCUT2D eigenvalue weighted by Crippen LogP contribution is -2.36. The molecule has 4 heterocycles. The van der Waals surface area contributed by atoms with Gasteiger partial charge in [0, 0.05) is 66.2 Å². The summed E-state index contributed by atoms with van der Waals surface area (Å²) in [5.41, 5.74) is 4.59. The summed E-state index contributed by atoms with van der Waals surface area (Å²) in [4.78, 5) is 47.6. The number of H-pyrrole nitrogens is 1. The number of carbonyl (C=O) groups is 2. The van der Waals surface area contributed by atoms with Gasteiger partial charge in [-0.15, -0.1) is 0 Å². The molecule has 1 atom stereocenters. The van der Waals surface area contributed by atoms with Crippen molar-refractivity contribution in [3.05, 3.63) is 92.6 Å². The molecule has 1 unspecified atom stereocenters. The Balaban J connectivity index is 1.24. The molecule has 0 spiro atoms. The summed E-state index contributed by atoms with van der Waals surface area (Å²) in [7, 11) is 0. The van der Waals surface area contributed by atoms with Crippen molar-refractivity contribution in [2.24, 2.45) is 0 Å². The molecule has 2 aromatic carbocycles. The fourth-order valence-corrected chi connectivity index (χ4v) is 6.49. The van der Waals surface area contributed by atoms with Gasteiger partial charge in [0.2, 0.25) is 5.91 Å². The molecular formula is C34H34Cl2N8O5. The number of hydrogen-bond acceptors (Lipinski definition) is 9. The lowest BCUT2D eigenvalue weighted by atomic mass is 10.00. The topological polar surface area (TPSA) is 186 Å². The zero-order valence-corrected chi connectivity index (χ0v) is 27.7. The fourth-order valence-electron chi connectivity index (χ4n) is 5.88. The number of anilines is 2. The van der Waals surface area contributed by atoms with Crippen molar-refractivity contribution in [3.63, 3.8) is 0 Å². The zero-order chi connectivity index (χ0) is 34.5. The van der Waals surface area contributed by atoms with E-state index >= 15 is 0 Å². The number of rotatable bonds is 14. The van der Waals surface area contributed by atoms with Crippen LogP contribution in [0.3, 0.4) is 0 Å². The standard InChI is InChI=1S/C34H34Cl2N8O5/c35-30-21(3-1-5-23(30)24-9-7-19(34(49)42-24)15-37-16-20-8-10-28(46)40-20)22-4-2-6-25(31(22)36)41-33-32-26(11-12-39-33)44(13-14-45)27(43-32)17-38-18-29(47)48/h1-7,9,11-12,20,37-38,45H,8,10,13-18H2,(H,39,41)(H,40,46)(H,42,49)(H,47,48). The molecule has 7 N–H and O–H groups in total. The number of pyridine rings is 2. The van der Waals surface area contributed by atoms with Crippen LogP contribution in [0.5, 0.6) is 0 Å². The molecule has 1 aliphatic rings. The van der Waals surface area contributed by atoms with E-state index in [4.69, 9.17) is 33.3 Å². The molecule has 15 heteroatoms. The Morgan fingerprint density at radius 2 is 1.76 bits per heavy atom. The first-order valence-electron chi connectivity index (χ1n) is 15.7. The molecule has 1 saturated heterocycles. The second-order valence-electron chi connectivity index (χ2n) is 11.5. The van der Waals surface area contributed by atoms with Gasteiger partial charge in [0.25, 0.3) is 5.56 Å². The number of imidazole rings is 1. The maximum absolute atomic E-state index is 13.0. The Morgan fingerprint density at radius 1 is 0.980 bits per heavy atom. The quantitative estimate of drug-likeness (QED) is 0.0890. The highest BCUT2D eigenvalue weighted by Gasteiger charge is 2.21. The van der Waals surface area contributed by atoms with E-state index in [2.05, 4.69) is 31.2 Å². The number of halogens is 2. The van der Waals surface area contributed by atoms with E-state index in [9.17, 15) is 19.5 Å². The molecule has 6 rings (SSSR count). The maximum atomic E-state index is 13.0. The summed E-state index contributed by atoms with van der Waals surface area (Å²) in [6, 6.07) is 16.4. The predicted octanol–water partition coefficient (Wildman–Crippen LogP) is 4.04. The van der Waals surface area contributed by atoms with Crippen LogP contribution >= 0.6 is 23.2 Å². The van der Waals surface area contributed by atoms with Gasteiger partial charge in [-0.3, -0.25) is 19.7 Å². The Labute approximate surface area is 290 Å². The van der Waals surface area contributed by atoms with Crippen LogP contribution in [0.15, 0.2) is 65.6 Å². The first kappa shape index (κ1) is 34.1. The third kappa shape index (κ3) is 7.61. The molecule has 13 nitrogen and oxygen atoms in total. The predicted molar refractivity (Wildman–Crippen MR) is 188 cm³/mol. The molecule has 1 amide bonds. The minimum Gasteiger partial charge on any atom is -0.480 e. The van der Waals surface area contributed by atoms with Crippen LogP contribution in [0, 0.1) is 0 Å². The van der Waals surface area contributed by atoms with Gasteiger partial charge in [-0.25, -0.2) is 9.97 Å². The fraction of sp³-hybridized carbons (Fsp3) is 0.265. The number of fused-ring (bicyclic) bond motifs is 1. The van der Waals surface area contributed by atoms with E-state index in [0.29, 0.717) is 85.9 Å². The van der Waals surface area contributed by atoms with Gasteiger partial charge < -0.3 is 35.7 Å². The van der Waals surface area contributed by atoms with Crippen LogP contribution in [-0.4, -0.2) is 67.3 Å². The Kier molecular flexibility index (Phi) is 10.6. The molecule has 49 heavy (non-hydrogen) atoms. The summed E-state index contributed by atoms with van der Waals surface area (Å²) in [5.74, 6) is 0.0325. The number of aliphatic carboxylic acids is 1. The number of nitrogens with zero attached hydrogens (tertiary/aromatic N) is 3. The number of carboxylic acids is 1. The van der Waals surface area contributed by atoms with Crippen LogP contribution in [0.1, 0.15) is 24.2 Å². The highest BCUT2D eigenvalue weighted by molar-refractivity contribution is 6.39. The lowest BCUT2D eigenvalue weighted by Gasteiger charge is -2.15. The van der Waals surface area contributed by atoms with Crippen LogP contribution in [0.25, 0.3) is 33.4 Å². The number of benzene rings is 2. The summed E-state index contributed by atoms with van der Waals surface area (Å²) in [5, 5.41) is 31.8. The van der Waals surface area contributed by atoms with Gasteiger partial charge in [-0.05, 0) is 24.6 Å². The first-order valence-corrected chi connectivity index (χ1v) is 16.4. The van der Waals surface area contributed by atoms with Crippen LogP contribution < -0.4 is 26.8 Å². The summed E-state index contributed by atoms with van der Waals surface area (Å²) < 4.78 is 1.81. The first-order chi connectivity index (χ1) is 23.7. The van der Waals surface area contributed by atoms with Crippen molar-refractivity contribution in [3.8, 4) is 22.4 Å². The molecule has 5 aromatic rings. The van der Waals surface area contributed by atoms with E-state index in [1.807, 2.05) is 41.0 Å². The Morgan fingerprint density at radius 3 is 2.49 bits per heavy atom. The molecule has 0 aliphatic carbocycles. The van der Waals surface area contributed by atoms with Gasteiger partial charge >= 0.3 is 5.97 Å². The molecule has 1 fully saturated rings. The van der Waals surface area contributed by atoms with Gasteiger partial charge in [-0.1, -0.05) is 59.6 Å². The van der Waals surface area contributed by atoms with E-state index in [0.717, 1.165) is 6.42 Å². The van der Waals surface area contributed by atoms with Gasteiger partial charge in [0.1, 0.15) is 11.3 Å². The van der Waals surface area contributed by atoms with E-state index in [-0.39, 0.29) is 43.7 Å². The minimum atomic E-state index is -0.989. The number of nitrogens with one attached hydrogen (secondary N) is 5. The Bertz CT molecular complexity index is 2080. The molecule has 254 valence electrons. The third-order valence-electron chi connectivity index (χ3n) is 8.24. The van der Waals surface area contributed by atoms with Crippen molar-refractivity contribution in [1.29, 1.82) is 0 Å². The average Bonchev–Trinajstić information content (AvgIpc) is 3.66. The van der Waals surface area contributed by atoms with Crippen molar-refractivity contribution >= 4 is 57.6 Å². The number of aromatic nitrogens is 4. The van der Waals surface area contributed by atoms with Gasteiger partial charge in [0.05, 0.1) is 40.9 Å². The van der Waals surface area contributed by atoms with Crippen LogP contribution in [-0.2, 0) is 29.2 Å². The van der Waals surface area contributed by atoms with E-state index in [1.165, 1.54) is 0 Å². The van der Waals surface area contributed by atoms with Crippen LogP contribution in [0.2, 0.25) is 10.0 Å². The largest absolute Gasteiger partial charge is 0.480 e. The monoisotopic (exact) mass is 704 g/mol. The molecule has 1 aliphatic heterocycles. The third-order valence-corrected chi connectivity index (χ3v) is 9.06. The number of aliphatic hydroxyl groups is 1. The molecule has 0 saturated carbocycles. The van der Waals surface area contributed by atoms with Crippen molar-refractivity contribution < 1.29 is 19.8 Å². The van der Waals surface area contributed by atoms with Gasteiger partial charge in [0.15, 0.2) is 5.82 Å². The van der Waals surface area contributed by atoms with Crippen molar-refractivity contribution in [1.82, 2.24) is 35.5 Å². The van der Waals surface area contributed by atoms with Gasteiger partial charge in [-0.2, -0.15) is 0 Å². The molecular weight excluding hydrogens is 671 g/mol. The Hall–Kier alpha value is -4.79. The number of amides is 1. The highest BCUT2D eigenvalue weighted by atomic mass is 35.5. The summed E-state index contributed by atoms with van der Waals surface area (Å²) >= 11 is 14.0. The minimum absolute atomic E-state index is 0.0502. The maximum Gasteiger partial charge on any atom is 0.317 e. The molecule has 0 bridgehead atoms. The normalized spacial score (nSPS) is 14.3. The zero-order valence-electron chi connectivity index (χ0n) is 26.2. The average molecular weight is 706 g/mol. The smallest absolute Gasteiger partial charge is 0.317 e. The second kappa shape index (κ2) is 15.2.